The molecule has 1 saturated heterocycles. The largest absolute Gasteiger partial charge is 0.494 e. The minimum atomic E-state index is -0.317. The van der Waals surface area contributed by atoms with Crippen LogP contribution in [0.5, 0.6) is 5.75 Å². The van der Waals surface area contributed by atoms with Crippen molar-refractivity contribution in [3.63, 3.8) is 0 Å². The van der Waals surface area contributed by atoms with E-state index in [-0.39, 0.29) is 30.7 Å². The molecule has 1 aromatic heterocycles. The molecular weight excluding hydrogens is 713 g/mol. The van der Waals surface area contributed by atoms with Crippen LogP contribution in [0.1, 0.15) is 49.8 Å². The number of hydrogen-bond donors (Lipinski definition) is 1. The molecule has 1 unspecified atom stereocenters. The van der Waals surface area contributed by atoms with Gasteiger partial charge < -0.3 is 14.8 Å². The minimum absolute atomic E-state index is 0.0816. The van der Waals surface area contributed by atoms with Crippen LogP contribution in [0.25, 0.3) is 10.9 Å². The van der Waals surface area contributed by atoms with E-state index in [0.29, 0.717) is 19.6 Å². The number of fused-ring (bicyclic) bond motifs is 1. The summed E-state index contributed by atoms with van der Waals surface area (Å²) >= 11 is 5.73. The molecule has 0 saturated carbocycles. The Balaban J connectivity index is 1.28. The fraction of sp³-hybridized carbons (Fsp3) is 0.419. The van der Waals surface area contributed by atoms with Crippen LogP contribution >= 0.6 is 38.5 Å². The molecule has 2 aliphatic heterocycles. The number of morpholine rings is 1. The van der Waals surface area contributed by atoms with Crippen LogP contribution < -0.4 is 10.1 Å². The third-order valence-electron chi connectivity index (χ3n) is 7.43. The van der Waals surface area contributed by atoms with Crippen molar-refractivity contribution in [2.24, 2.45) is 5.10 Å². The summed E-state index contributed by atoms with van der Waals surface area (Å²) in [5.41, 5.74) is 3.56. The number of hydrazone groups is 1. The van der Waals surface area contributed by atoms with Gasteiger partial charge in [-0.3, -0.25) is 14.5 Å². The number of nitrogens with zero attached hydrogens (tertiary/aromatic N) is 4. The van der Waals surface area contributed by atoms with E-state index >= 15 is 0 Å². The highest BCUT2D eigenvalue weighted by Gasteiger charge is 2.35. The van der Waals surface area contributed by atoms with Gasteiger partial charge >= 0.3 is 0 Å². The van der Waals surface area contributed by atoms with E-state index in [4.69, 9.17) is 19.6 Å². The molecule has 3 heterocycles. The van der Waals surface area contributed by atoms with Gasteiger partial charge in [0.25, 0.3) is 0 Å². The Morgan fingerprint density at radius 2 is 1.90 bits per heavy atom. The number of hydrogen-bond acceptors (Lipinski definition) is 7. The summed E-state index contributed by atoms with van der Waals surface area (Å²) < 4.78 is 12.8. The maximum Gasteiger partial charge on any atom is 0.243 e. The maximum atomic E-state index is 13.6. The molecule has 0 aliphatic carbocycles. The summed E-state index contributed by atoms with van der Waals surface area (Å²) in [5.74, 6) is 0.474. The summed E-state index contributed by atoms with van der Waals surface area (Å²) in [6, 6.07) is 15.6. The van der Waals surface area contributed by atoms with Gasteiger partial charge in [0.05, 0.1) is 37.1 Å². The summed E-state index contributed by atoms with van der Waals surface area (Å²) in [7, 11) is 0. The van der Waals surface area contributed by atoms with E-state index in [2.05, 4.69) is 54.8 Å². The van der Waals surface area contributed by atoms with Gasteiger partial charge in [-0.2, -0.15) is 5.10 Å². The zero-order valence-electron chi connectivity index (χ0n) is 23.7. The Bertz CT molecular complexity index is 1450. The van der Waals surface area contributed by atoms with Crippen molar-refractivity contribution in [1.82, 2.24) is 20.2 Å². The Morgan fingerprint density at radius 3 is 2.67 bits per heavy atom. The van der Waals surface area contributed by atoms with E-state index in [1.165, 1.54) is 0 Å². The summed E-state index contributed by atoms with van der Waals surface area (Å²) in [6.07, 6.45) is 1.63. The highest BCUT2D eigenvalue weighted by molar-refractivity contribution is 14.1. The number of carbonyl (C=O) groups excluding carboxylic acids is 2. The Hall–Kier alpha value is -2.61. The first-order chi connectivity index (χ1) is 20.4. The maximum absolute atomic E-state index is 13.6. The molecular formula is C31H35BrIN5O4. The number of ether oxygens (including phenoxy) is 2. The van der Waals surface area contributed by atoms with E-state index in [9.17, 15) is 9.59 Å². The molecule has 1 N–H and O–H groups in total. The zero-order chi connectivity index (χ0) is 29.5. The Morgan fingerprint density at radius 1 is 1.12 bits per heavy atom. The van der Waals surface area contributed by atoms with Gasteiger partial charge in [-0.1, -0.05) is 28.1 Å². The molecule has 11 heteroatoms. The molecule has 222 valence electrons. The second kappa shape index (κ2) is 14.7. The fourth-order valence-electron chi connectivity index (χ4n) is 5.21. The van der Waals surface area contributed by atoms with Crippen LogP contribution in [0.2, 0.25) is 0 Å². The molecule has 1 atom stereocenters. The van der Waals surface area contributed by atoms with Gasteiger partial charge in [0.2, 0.25) is 11.8 Å². The van der Waals surface area contributed by atoms with Crippen molar-refractivity contribution in [3.8, 4) is 5.75 Å². The average molecular weight is 748 g/mol. The minimum Gasteiger partial charge on any atom is -0.494 e. The summed E-state index contributed by atoms with van der Waals surface area (Å²) in [6.45, 7) is 7.45. The van der Waals surface area contributed by atoms with Crippen molar-refractivity contribution in [2.75, 3.05) is 46.0 Å². The first-order valence-corrected chi connectivity index (χ1v) is 16.2. The van der Waals surface area contributed by atoms with Gasteiger partial charge in [-0.05, 0) is 78.4 Å². The second-order valence-electron chi connectivity index (χ2n) is 10.3. The lowest BCUT2D eigenvalue weighted by Gasteiger charge is -2.26. The number of carbonyl (C=O) groups is 2. The number of rotatable bonds is 11. The van der Waals surface area contributed by atoms with Crippen molar-refractivity contribution >= 4 is 66.9 Å². The topological polar surface area (TPSA) is 96.4 Å². The smallest absolute Gasteiger partial charge is 0.243 e. The summed E-state index contributed by atoms with van der Waals surface area (Å²) in [4.78, 5) is 33.3. The molecule has 9 nitrogen and oxygen atoms in total. The first kappa shape index (κ1) is 30.8. The van der Waals surface area contributed by atoms with Crippen molar-refractivity contribution in [2.45, 2.75) is 38.6 Å². The average Bonchev–Trinajstić information content (AvgIpc) is 3.44. The number of aromatic nitrogens is 1. The van der Waals surface area contributed by atoms with E-state index in [1.54, 1.807) is 5.01 Å². The van der Waals surface area contributed by atoms with Crippen LogP contribution in [0.3, 0.4) is 0 Å². The third kappa shape index (κ3) is 7.86. The molecule has 0 spiro atoms. The van der Waals surface area contributed by atoms with Crippen molar-refractivity contribution in [1.29, 1.82) is 0 Å². The number of benzene rings is 2. The number of nitrogens with one attached hydrogen (secondary N) is 1. The first-order valence-electron chi connectivity index (χ1n) is 14.4. The molecule has 0 bridgehead atoms. The third-order valence-corrected chi connectivity index (χ3v) is 8.82. The molecule has 0 radical (unpaired) electrons. The quantitative estimate of drug-likeness (QED) is 0.163. The predicted octanol–water partition coefficient (Wildman–Crippen LogP) is 5.30. The predicted molar refractivity (Wildman–Crippen MR) is 175 cm³/mol. The van der Waals surface area contributed by atoms with Crippen molar-refractivity contribution < 1.29 is 19.1 Å². The lowest BCUT2D eigenvalue weighted by Crippen LogP contribution is -2.38. The van der Waals surface area contributed by atoms with Gasteiger partial charge in [-0.15, -0.1) is 0 Å². The van der Waals surface area contributed by atoms with E-state index in [0.717, 1.165) is 80.9 Å². The number of halogens is 2. The normalized spacial score (nSPS) is 17.4. The van der Waals surface area contributed by atoms with Crippen molar-refractivity contribution in [3.05, 3.63) is 67.8 Å². The highest BCUT2D eigenvalue weighted by atomic mass is 127. The Labute approximate surface area is 268 Å². The Kier molecular flexibility index (Phi) is 10.8. The standard InChI is InChI=1S/C31H35BrIN5O4/c1-2-42-24-9-6-22-18-25(31(33)35-26(22)19-24)28-20-27(21-4-7-23(32)8-5-21)36-38(28)30(40)11-10-29(39)34-12-3-13-37-14-16-41-17-15-37/h4-9,18-19,28H,2-3,10-17,20H2,1H3,(H,34,39). The van der Waals surface area contributed by atoms with E-state index < -0.39 is 0 Å². The van der Waals surface area contributed by atoms with Crippen LogP contribution in [0, 0.1) is 3.70 Å². The highest BCUT2D eigenvalue weighted by Crippen LogP contribution is 2.37. The van der Waals surface area contributed by atoms with Gasteiger partial charge in [-0.25, -0.2) is 9.99 Å². The van der Waals surface area contributed by atoms with Crippen LogP contribution in [0.15, 0.2) is 58.1 Å². The second-order valence-corrected chi connectivity index (χ2v) is 12.3. The van der Waals surface area contributed by atoms with Crippen LogP contribution in [0.4, 0.5) is 0 Å². The molecule has 2 aliphatic rings. The van der Waals surface area contributed by atoms with E-state index in [1.807, 2.05) is 49.4 Å². The zero-order valence-corrected chi connectivity index (χ0v) is 27.4. The van der Waals surface area contributed by atoms with Gasteiger partial charge in [0.15, 0.2) is 0 Å². The van der Waals surface area contributed by atoms with Gasteiger partial charge in [0, 0.05) is 60.4 Å². The molecule has 1 fully saturated rings. The molecule has 2 amide bonds. The molecule has 42 heavy (non-hydrogen) atoms. The van der Waals surface area contributed by atoms with Crippen LogP contribution in [-0.4, -0.2) is 78.4 Å². The fourth-order valence-corrected chi connectivity index (χ4v) is 6.25. The molecule has 5 rings (SSSR count). The monoisotopic (exact) mass is 747 g/mol. The van der Waals surface area contributed by atoms with Gasteiger partial charge in [0.1, 0.15) is 9.45 Å². The lowest BCUT2D eigenvalue weighted by atomic mass is 9.98. The SMILES string of the molecule is CCOc1ccc2cc(C3CC(c4ccc(Br)cc4)=NN3C(=O)CCC(=O)NCCCN3CCOCC3)c(I)nc2c1. The molecule has 2 aromatic carbocycles. The number of amides is 2. The summed E-state index contributed by atoms with van der Waals surface area (Å²) in [5, 5.41) is 10.3. The molecule has 3 aromatic rings. The van der Waals surface area contributed by atoms with Crippen LogP contribution in [-0.2, 0) is 14.3 Å². The number of pyridine rings is 1. The lowest BCUT2D eigenvalue weighted by molar-refractivity contribution is -0.135.